The number of pyridine rings is 1. The lowest BCUT2D eigenvalue weighted by molar-refractivity contribution is -0.385. The van der Waals surface area contributed by atoms with Gasteiger partial charge in [0.2, 0.25) is 0 Å². The number of carbonyl (C=O) groups is 1. The molecular formula is C13H17N3O3. The van der Waals surface area contributed by atoms with E-state index in [1.807, 2.05) is 0 Å². The lowest BCUT2D eigenvalue weighted by Crippen LogP contribution is -2.32. The second kappa shape index (κ2) is 5.77. The molecule has 19 heavy (non-hydrogen) atoms. The Labute approximate surface area is 111 Å². The maximum Gasteiger partial charge on any atom is 0.288 e. The van der Waals surface area contributed by atoms with Crippen LogP contribution >= 0.6 is 0 Å². The Morgan fingerprint density at radius 3 is 2.53 bits per heavy atom. The van der Waals surface area contributed by atoms with E-state index >= 15 is 0 Å². The molecule has 0 spiro atoms. The molecule has 1 saturated heterocycles. The molecule has 0 radical (unpaired) electrons. The number of likely N-dealkylation sites (tertiary alicyclic amines) is 1. The van der Waals surface area contributed by atoms with Crippen molar-refractivity contribution in [1.29, 1.82) is 0 Å². The highest BCUT2D eigenvalue weighted by Gasteiger charge is 2.21. The number of nitro groups is 1. The first-order valence-electron chi connectivity index (χ1n) is 6.50. The summed E-state index contributed by atoms with van der Waals surface area (Å²) in [6, 6.07) is 1.33. The van der Waals surface area contributed by atoms with E-state index in [-0.39, 0.29) is 11.6 Å². The van der Waals surface area contributed by atoms with Gasteiger partial charge in [0.25, 0.3) is 11.6 Å². The number of hydrogen-bond donors (Lipinski definition) is 0. The van der Waals surface area contributed by atoms with Gasteiger partial charge in [-0.05, 0) is 19.8 Å². The van der Waals surface area contributed by atoms with Crippen molar-refractivity contribution in [3.05, 3.63) is 33.6 Å². The van der Waals surface area contributed by atoms with Gasteiger partial charge in [0.15, 0.2) is 0 Å². The van der Waals surface area contributed by atoms with Gasteiger partial charge >= 0.3 is 0 Å². The lowest BCUT2D eigenvalue weighted by Gasteiger charge is -2.20. The van der Waals surface area contributed by atoms with Crippen molar-refractivity contribution >= 4 is 11.6 Å². The van der Waals surface area contributed by atoms with Gasteiger partial charge < -0.3 is 4.90 Å². The molecule has 0 bridgehead atoms. The van der Waals surface area contributed by atoms with Crippen LogP contribution in [0.3, 0.4) is 0 Å². The first-order chi connectivity index (χ1) is 9.09. The Bertz CT molecular complexity index is 494. The van der Waals surface area contributed by atoms with Gasteiger partial charge in [-0.15, -0.1) is 0 Å². The fraction of sp³-hybridized carbons (Fsp3) is 0.538. The maximum absolute atomic E-state index is 12.4. The molecule has 2 rings (SSSR count). The van der Waals surface area contributed by atoms with E-state index in [1.54, 1.807) is 11.8 Å². The lowest BCUT2D eigenvalue weighted by atomic mass is 10.1. The van der Waals surface area contributed by atoms with Crippen molar-refractivity contribution in [3.8, 4) is 0 Å². The summed E-state index contributed by atoms with van der Waals surface area (Å²) >= 11 is 0. The zero-order valence-corrected chi connectivity index (χ0v) is 11.0. The van der Waals surface area contributed by atoms with Gasteiger partial charge in [-0.1, -0.05) is 12.8 Å². The van der Waals surface area contributed by atoms with Gasteiger partial charge in [-0.2, -0.15) is 0 Å². The number of carbonyl (C=O) groups excluding carboxylic acids is 1. The topological polar surface area (TPSA) is 76.3 Å². The molecule has 0 N–H and O–H groups in total. The second-order valence-electron chi connectivity index (χ2n) is 4.79. The fourth-order valence-corrected chi connectivity index (χ4v) is 2.28. The summed E-state index contributed by atoms with van der Waals surface area (Å²) in [6.07, 6.45) is 5.45. The number of hydrogen-bond acceptors (Lipinski definition) is 4. The fourth-order valence-electron chi connectivity index (χ4n) is 2.28. The van der Waals surface area contributed by atoms with Crippen LogP contribution in [0.2, 0.25) is 0 Å². The van der Waals surface area contributed by atoms with Crippen LogP contribution < -0.4 is 0 Å². The molecule has 0 saturated carbocycles. The minimum absolute atomic E-state index is 0.135. The van der Waals surface area contributed by atoms with Gasteiger partial charge in [0.05, 0.1) is 16.2 Å². The Kier molecular flexibility index (Phi) is 4.09. The number of aromatic nitrogens is 1. The molecule has 1 aliphatic heterocycles. The van der Waals surface area contributed by atoms with Gasteiger partial charge in [0.1, 0.15) is 6.20 Å². The molecule has 1 aromatic rings. The van der Waals surface area contributed by atoms with Crippen LogP contribution in [0.1, 0.15) is 41.7 Å². The minimum Gasteiger partial charge on any atom is -0.339 e. The average molecular weight is 263 g/mol. The summed E-state index contributed by atoms with van der Waals surface area (Å²) in [5.74, 6) is -0.143. The molecule has 6 nitrogen and oxygen atoms in total. The van der Waals surface area contributed by atoms with Crippen molar-refractivity contribution in [2.45, 2.75) is 32.6 Å². The summed E-state index contributed by atoms with van der Waals surface area (Å²) in [4.78, 5) is 28.4. The van der Waals surface area contributed by atoms with E-state index in [2.05, 4.69) is 4.98 Å². The zero-order chi connectivity index (χ0) is 13.8. The predicted molar refractivity (Wildman–Crippen MR) is 70.0 cm³/mol. The molecule has 1 aromatic heterocycles. The minimum atomic E-state index is -0.522. The molecule has 6 heteroatoms. The second-order valence-corrected chi connectivity index (χ2v) is 4.79. The summed E-state index contributed by atoms with van der Waals surface area (Å²) in [6.45, 7) is 3.15. The van der Waals surface area contributed by atoms with Crippen molar-refractivity contribution < 1.29 is 9.72 Å². The van der Waals surface area contributed by atoms with E-state index in [0.29, 0.717) is 11.3 Å². The van der Waals surface area contributed by atoms with E-state index < -0.39 is 4.92 Å². The third-order valence-corrected chi connectivity index (χ3v) is 3.41. The molecule has 0 aliphatic carbocycles. The summed E-state index contributed by atoms with van der Waals surface area (Å²) in [7, 11) is 0. The molecule has 1 amide bonds. The SMILES string of the molecule is Cc1ncc([N+](=O)[O-])cc1C(=O)N1CCCCCC1. The normalized spacial score (nSPS) is 15.9. The van der Waals surface area contributed by atoms with Crippen LogP contribution in [0.4, 0.5) is 5.69 Å². The van der Waals surface area contributed by atoms with E-state index in [1.165, 1.54) is 12.3 Å². The van der Waals surface area contributed by atoms with Gasteiger partial charge in [-0.3, -0.25) is 19.9 Å². The summed E-state index contributed by atoms with van der Waals surface area (Å²) < 4.78 is 0. The highest BCUT2D eigenvalue weighted by Crippen LogP contribution is 2.18. The third-order valence-electron chi connectivity index (χ3n) is 3.41. The summed E-state index contributed by atoms with van der Waals surface area (Å²) in [5.41, 5.74) is 0.750. The van der Waals surface area contributed by atoms with Crippen molar-refractivity contribution in [2.75, 3.05) is 13.1 Å². The van der Waals surface area contributed by atoms with Crippen LogP contribution in [-0.2, 0) is 0 Å². The Morgan fingerprint density at radius 2 is 1.95 bits per heavy atom. The summed E-state index contributed by atoms with van der Waals surface area (Å²) in [5, 5.41) is 10.8. The van der Waals surface area contributed by atoms with Crippen molar-refractivity contribution in [3.63, 3.8) is 0 Å². The molecule has 1 fully saturated rings. The molecule has 0 atom stereocenters. The van der Waals surface area contributed by atoms with E-state index in [9.17, 15) is 14.9 Å². The van der Waals surface area contributed by atoms with Crippen molar-refractivity contribution in [1.82, 2.24) is 9.88 Å². The number of nitrogens with zero attached hydrogens (tertiary/aromatic N) is 3. The standard InChI is InChI=1S/C13H17N3O3/c1-10-12(8-11(9-14-10)16(18)19)13(17)15-6-4-2-3-5-7-15/h8-9H,2-7H2,1H3. The van der Waals surface area contributed by atoms with Crippen LogP contribution in [0, 0.1) is 17.0 Å². The average Bonchev–Trinajstić information content (AvgIpc) is 2.67. The van der Waals surface area contributed by atoms with Crippen LogP contribution in [0.15, 0.2) is 12.3 Å². The highest BCUT2D eigenvalue weighted by molar-refractivity contribution is 5.95. The van der Waals surface area contributed by atoms with Crippen LogP contribution in [0.25, 0.3) is 0 Å². The molecule has 2 heterocycles. The molecule has 0 unspecified atom stereocenters. The number of aryl methyl sites for hydroxylation is 1. The smallest absolute Gasteiger partial charge is 0.288 e. The van der Waals surface area contributed by atoms with Gasteiger partial charge in [-0.25, -0.2) is 0 Å². The molecule has 1 aliphatic rings. The highest BCUT2D eigenvalue weighted by atomic mass is 16.6. The third kappa shape index (κ3) is 3.07. The largest absolute Gasteiger partial charge is 0.339 e. The molecule has 0 aromatic carbocycles. The Hall–Kier alpha value is -1.98. The molecular weight excluding hydrogens is 246 g/mol. The number of rotatable bonds is 2. The Morgan fingerprint density at radius 1 is 1.32 bits per heavy atom. The first kappa shape index (κ1) is 13.5. The first-order valence-corrected chi connectivity index (χ1v) is 6.50. The van der Waals surface area contributed by atoms with Crippen molar-refractivity contribution in [2.24, 2.45) is 0 Å². The Balaban J connectivity index is 2.26. The van der Waals surface area contributed by atoms with E-state index in [4.69, 9.17) is 0 Å². The van der Waals surface area contributed by atoms with Crippen LogP contribution in [-0.4, -0.2) is 33.8 Å². The van der Waals surface area contributed by atoms with Gasteiger partial charge in [0, 0.05) is 19.2 Å². The monoisotopic (exact) mass is 263 g/mol. The predicted octanol–water partition coefficient (Wildman–Crippen LogP) is 2.31. The quantitative estimate of drug-likeness (QED) is 0.606. The maximum atomic E-state index is 12.4. The van der Waals surface area contributed by atoms with E-state index in [0.717, 1.165) is 38.8 Å². The number of amides is 1. The zero-order valence-electron chi connectivity index (χ0n) is 11.0. The molecule has 102 valence electrons. The van der Waals surface area contributed by atoms with Crippen LogP contribution in [0.5, 0.6) is 0 Å².